The zero-order valence-electron chi connectivity index (χ0n) is 22.8. The summed E-state index contributed by atoms with van der Waals surface area (Å²) in [6, 6.07) is 14.6. The molecule has 210 valence electrons. The van der Waals surface area contributed by atoms with E-state index in [0.717, 1.165) is 12.8 Å². The highest BCUT2D eigenvalue weighted by molar-refractivity contribution is 6.05. The lowest BCUT2D eigenvalue weighted by Crippen LogP contribution is -2.24. The van der Waals surface area contributed by atoms with Crippen molar-refractivity contribution >= 4 is 22.4 Å². The third-order valence-electron chi connectivity index (χ3n) is 6.70. The highest BCUT2D eigenvalue weighted by Crippen LogP contribution is 2.36. The third kappa shape index (κ3) is 9.46. The van der Waals surface area contributed by atoms with Crippen molar-refractivity contribution in [3.63, 3.8) is 0 Å². The van der Waals surface area contributed by atoms with E-state index in [0.29, 0.717) is 28.8 Å². The van der Waals surface area contributed by atoms with Crippen LogP contribution in [-0.4, -0.2) is 35.7 Å². The SMILES string of the molecule is CCCCCCCCCCCCNC(=O)c1cc(OCCOc2ccc([N+](=O)[O-])cc2)c2ccccc2c1O. The molecule has 0 unspecified atom stereocenters. The van der Waals surface area contributed by atoms with E-state index in [1.807, 2.05) is 12.1 Å². The third-order valence-corrected chi connectivity index (χ3v) is 6.70. The summed E-state index contributed by atoms with van der Waals surface area (Å²) in [6.07, 6.45) is 12.3. The molecule has 1 amide bonds. The minimum Gasteiger partial charge on any atom is -0.506 e. The van der Waals surface area contributed by atoms with Crippen LogP contribution in [0, 0.1) is 10.1 Å². The lowest BCUT2D eigenvalue weighted by Gasteiger charge is -2.14. The van der Waals surface area contributed by atoms with Crippen LogP contribution in [-0.2, 0) is 0 Å². The number of ether oxygens (including phenoxy) is 2. The zero-order valence-corrected chi connectivity index (χ0v) is 22.8. The first-order chi connectivity index (χ1) is 19.0. The molecular weight excluding hydrogens is 496 g/mol. The molecule has 0 saturated carbocycles. The van der Waals surface area contributed by atoms with E-state index in [9.17, 15) is 20.0 Å². The van der Waals surface area contributed by atoms with E-state index in [1.54, 1.807) is 18.2 Å². The van der Waals surface area contributed by atoms with E-state index >= 15 is 0 Å². The predicted octanol–water partition coefficient (Wildman–Crippen LogP) is 7.56. The number of nitrogens with zero attached hydrogens (tertiary/aromatic N) is 1. The van der Waals surface area contributed by atoms with Crippen LogP contribution in [0.15, 0.2) is 54.6 Å². The van der Waals surface area contributed by atoms with Crippen molar-refractivity contribution in [3.8, 4) is 17.2 Å². The summed E-state index contributed by atoms with van der Waals surface area (Å²) in [5, 5.41) is 25.8. The molecule has 0 spiro atoms. The van der Waals surface area contributed by atoms with E-state index in [-0.39, 0.29) is 36.1 Å². The molecule has 0 bridgehead atoms. The Morgan fingerprint density at radius 1 is 0.846 bits per heavy atom. The molecule has 3 aromatic carbocycles. The van der Waals surface area contributed by atoms with Gasteiger partial charge in [0.1, 0.15) is 30.5 Å². The molecule has 0 aliphatic heterocycles. The Kier molecular flexibility index (Phi) is 12.4. The Hall–Kier alpha value is -3.81. The molecular formula is C31H40N2O6. The van der Waals surface area contributed by atoms with Gasteiger partial charge in [0.2, 0.25) is 0 Å². The second kappa shape index (κ2) is 16.2. The second-order valence-electron chi connectivity index (χ2n) is 9.70. The van der Waals surface area contributed by atoms with Gasteiger partial charge in [0.15, 0.2) is 0 Å². The maximum Gasteiger partial charge on any atom is 0.269 e. The Labute approximate surface area is 230 Å². The maximum absolute atomic E-state index is 12.9. The molecule has 8 heteroatoms. The van der Waals surface area contributed by atoms with Crippen molar-refractivity contribution in [2.24, 2.45) is 0 Å². The normalized spacial score (nSPS) is 10.9. The Bertz CT molecular complexity index is 1200. The van der Waals surface area contributed by atoms with Crippen LogP contribution >= 0.6 is 0 Å². The van der Waals surface area contributed by atoms with E-state index in [4.69, 9.17) is 9.47 Å². The van der Waals surface area contributed by atoms with Crippen molar-refractivity contribution in [1.82, 2.24) is 5.32 Å². The Morgan fingerprint density at radius 2 is 1.44 bits per heavy atom. The molecule has 3 rings (SSSR count). The van der Waals surface area contributed by atoms with Crippen molar-refractivity contribution in [2.75, 3.05) is 19.8 Å². The first-order valence-corrected chi connectivity index (χ1v) is 14.0. The number of nitro benzene ring substituents is 1. The molecule has 3 aromatic rings. The topological polar surface area (TPSA) is 111 Å². The van der Waals surface area contributed by atoms with Gasteiger partial charge in [0.25, 0.3) is 11.6 Å². The molecule has 39 heavy (non-hydrogen) atoms. The number of phenols is 1. The number of fused-ring (bicyclic) bond motifs is 1. The first kappa shape index (κ1) is 29.7. The summed E-state index contributed by atoms with van der Waals surface area (Å²) < 4.78 is 11.6. The average molecular weight is 537 g/mol. The van der Waals surface area contributed by atoms with E-state index in [1.165, 1.54) is 75.6 Å². The summed E-state index contributed by atoms with van der Waals surface area (Å²) in [7, 11) is 0. The number of nitro groups is 1. The molecule has 2 N–H and O–H groups in total. The molecule has 0 aliphatic rings. The summed E-state index contributed by atoms with van der Waals surface area (Å²) >= 11 is 0. The van der Waals surface area contributed by atoms with Gasteiger partial charge in [-0.3, -0.25) is 14.9 Å². The van der Waals surface area contributed by atoms with E-state index < -0.39 is 4.92 Å². The number of benzene rings is 3. The van der Waals surface area contributed by atoms with Gasteiger partial charge in [-0.1, -0.05) is 89.0 Å². The quantitative estimate of drug-likeness (QED) is 0.0986. The van der Waals surface area contributed by atoms with Gasteiger partial charge in [-0.15, -0.1) is 0 Å². The smallest absolute Gasteiger partial charge is 0.269 e. The maximum atomic E-state index is 12.9. The Morgan fingerprint density at radius 3 is 2.08 bits per heavy atom. The standard InChI is InChI=1S/C31H40N2O6/c1-2-3-4-5-6-7-8-9-10-13-20-32-31(35)28-23-29(26-14-11-12-15-27(26)30(28)34)39-22-21-38-25-18-16-24(17-19-25)33(36)37/h11-12,14-19,23,34H,2-10,13,20-22H2,1H3,(H,32,35). The van der Waals surface area contributed by atoms with Crippen molar-refractivity contribution in [2.45, 2.75) is 71.1 Å². The fourth-order valence-corrected chi connectivity index (χ4v) is 4.50. The highest BCUT2D eigenvalue weighted by Gasteiger charge is 2.18. The molecule has 0 fully saturated rings. The molecule has 0 saturated heterocycles. The number of amides is 1. The summed E-state index contributed by atoms with van der Waals surface area (Å²) in [5.41, 5.74) is 0.167. The number of carbonyl (C=O) groups is 1. The lowest BCUT2D eigenvalue weighted by molar-refractivity contribution is -0.384. The van der Waals surface area contributed by atoms with E-state index in [2.05, 4.69) is 12.2 Å². The monoisotopic (exact) mass is 536 g/mol. The summed E-state index contributed by atoms with van der Waals surface area (Å²) in [5.74, 6) is 0.563. The van der Waals surface area contributed by atoms with Gasteiger partial charge in [-0.05, 0) is 24.6 Å². The Balaban J connectivity index is 1.48. The van der Waals surface area contributed by atoms with Gasteiger partial charge in [0, 0.05) is 29.4 Å². The number of phenolic OH excluding ortho intramolecular Hbond substituents is 1. The van der Waals surface area contributed by atoms with Crippen molar-refractivity contribution < 1.29 is 24.3 Å². The molecule has 8 nitrogen and oxygen atoms in total. The largest absolute Gasteiger partial charge is 0.506 e. The summed E-state index contributed by atoms with van der Waals surface area (Å²) in [4.78, 5) is 23.2. The minimum atomic E-state index is -0.464. The number of hydrogen-bond acceptors (Lipinski definition) is 6. The number of aromatic hydroxyl groups is 1. The second-order valence-corrected chi connectivity index (χ2v) is 9.70. The lowest BCUT2D eigenvalue weighted by atomic mass is 10.0. The fourth-order valence-electron chi connectivity index (χ4n) is 4.50. The molecule has 0 radical (unpaired) electrons. The van der Waals surface area contributed by atoms with Gasteiger partial charge in [-0.2, -0.15) is 0 Å². The van der Waals surface area contributed by atoms with Crippen LogP contribution in [0.5, 0.6) is 17.2 Å². The van der Waals surface area contributed by atoms with Gasteiger partial charge < -0.3 is 19.9 Å². The van der Waals surface area contributed by atoms with Gasteiger partial charge >= 0.3 is 0 Å². The minimum absolute atomic E-state index is 0.00636. The van der Waals surface area contributed by atoms with Crippen LogP contribution in [0.1, 0.15) is 81.5 Å². The van der Waals surface area contributed by atoms with Crippen LogP contribution in [0.3, 0.4) is 0 Å². The number of unbranched alkanes of at least 4 members (excludes halogenated alkanes) is 9. The first-order valence-electron chi connectivity index (χ1n) is 14.0. The number of non-ortho nitro benzene ring substituents is 1. The van der Waals surface area contributed by atoms with Crippen LogP contribution in [0.25, 0.3) is 10.8 Å². The molecule has 0 aromatic heterocycles. The zero-order chi connectivity index (χ0) is 27.9. The average Bonchev–Trinajstić information content (AvgIpc) is 2.95. The number of nitrogens with one attached hydrogen (secondary N) is 1. The van der Waals surface area contributed by atoms with Gasteiger partial charge in [-0.25, -0.2) is 0 Å². The summed E-state index contributed by atoms with van der Waals surface area (Å²) in [6.45, 7) is 3.18. The van der Waals surface area contributed by atoms with Crippen molar-refractivity contribution in [1.29, 1.82) is 0 Å². The number of hydrogen-bond donors (Lipinski definition) is 2. The van der Waals surface area contributed by atoms with Gasteiger partial charge in [0.05, 0.1) is 10.5 Å². The number of carbonyl (C=O) groups excluding carboxylic acids is 1. The van der Waals surface area contributed by atoms with Crippen molar-refractivity contribution in [3.05, 3.63) is 70.3 Å². The molecule has 0 atom stereocenters. The van der Waals surface area contributed by atoms with Crippen LogP contribution in [0.2, 0.25) is 0 Å². The van der Waals surface area contributed by atoms with Crippen LogP contribution in [0.4, 0.5) is 5.69 Å². The highest BCUT2D eigenvalue weighted by atomic mass is 16.6. The van der Waals surface area contributed by atoms with Crippen LogP contribution < -0.4 is 14.8 Å². The number of rotatable bonds is 18. The fraction of sp³-hybridized carbons (Fsp3) is 0.452. The predicted molar refractivity (Wildman–Crippen MR) is 154 cm³/mol. The molecule has 0 aliphatic carbocycles. The molecule has 0 heterocycles.